The zero-order chi connectivity index (χ0) is 11.3. The first-order valence-corrected chi connectivity index (χ1v) is 6.82. The second kappa shape index (κ2) is 3.72. The van der Waals surface area contributed by atoms with Crippen LogP contribution in [0, 0.1) is 29.6 Å². The zero-order valence-electron chi connectivity index (χ0n) is 10.4. The second-order valence-corrected chi connectivity index (χ2v) is 6.58. The summed E-state index contributed by atoms with van der Waals surface area (Å²) in [7, 11) is 0. The molecule has 0 heterocycles. The molecule has 4 bridgehead atoms. The fraction of sp³-hybridized carbons (Fsp3) is 0.800. The first-order chi connectivity index (χ1) is 7.63. The normalized spacial score (nSPS) is 44.5. The Labute approximate surface area is 98.3 Å². The van der Waals surface area contributed by atoms with Gasteiger partial charge in [-0.15, -0.1) is 0 Å². The lowest BCUT2D eigenvalue weighted by molar-refractivity contribution is -0.130. The van der Waals surface area contributed by atoms with Crippen LogP contribution in [0.3, 0.4) is 0 Å². The Morgan fingerprint density at radius 1 is 0.938 bits per heavy atom. The number of carbonyl (C=O) groups excluding carboxylic acids is 1. The molecule has 4 rings (SSSR count). The second-order valence-electron chi connectivity index (χ2n) is 6.58. The van der Waals surface area contributed by atoms with Gasteiger partial charge in [-0.25, -0.2) is 0 Å². The first kappa shape index (κ1) is 10.6. The summed E-state index contributed by atoms with van der Waals surface area (Å²) >= 11 is 0. The smallest absolute Gasteiger partial charge is 0.159 e. The average Bonchev–Trinajstić information content (AvgIpc) is 2.13. The summed E-state index contributed by atoms with van der Waals surface area (Å²) < 4.78 is 0. The highest BCUT2D eigenvalue weighted by atomic mass is 16.1. The molecule has 0 saturated heterocycles. The summed E-state index contributed by atoms with van der Waals surface area (Å²) in [5, 5.41) is 0. The number of rotatable bonds is 2. The van der Waals surface area contributed by atoms with Gasteiger partial charge in [0.1, 0.15) is 0 Å². The van der Waals surface area contributed by atoms with Crippen LogP contribution in [-0.2, 0) is 4.79 Å². The highest BCUT2D eigenvalue weighted by Crippen LogP contribution is 2.56. The standard InChI is InChI=1S/C15H22O/c1-9(2)3-14(16)15-12-5-10-4-11(7-12)8-13(15)6-10/h3,10-13,15H,4-8H2,1-2H3. The first-order valence-electron chi connectivity index (χ1n) is 6.82. The lowest BCUT2D eigenvalue weighted by Crippen LogP contribution is -2.47. The van der Waals surface area contributed by atoms with E-state index in [2.05, 4.69) is 0 Å². The molecule has 16 heavy (non-hydrogen) atoms. The summed E-state index contributed by atoms with van der Waals surface area (Å²) in [6.07, 6.45) is 8.75. The van der Waals surface area contributed by atoms with E-state index in [1.54, 1.807) is 0 Å². The Morgan fingerprint density at radius 3 is 1.88 bits per heavy atom. The Morgan fingerprint density at radius 2 is 1.44 bits per heavy atom. The molecule has 0 atom stereocenters. The minimum absolute atomic E-state index is 0.391. The minimum Gasteiger partial charge on any atom is -0.295 e. The molecule has 0 aromatic rings. The van der Waals surface area contributed by atoms with Crippen LogP contribution in [0.2, 0.25) is 0 Å². The Bertz CT molecular complexity index is 307. The lowest BCUT2D eigenvalue weighted by atomic mass is 9.51. The number of hydrogen-bond donors (Lipinski definition) is 0. The van der Waals surface area contributed by atoms with Crippen molar-refractivity contribution >= 4 is 5.78 Å². The summed E-state index contributed by atoms with van der Waals surface area (Å²) in [5.74, 6) is 4.24. The maximum atomic E-state index is 12.3. The van der Waals surface area contributed by atoms with E-state index in [0.717, 1.165) is 23.7 Å². The molecule has 88 valence electrons. The lowest BCUT2D eigenvalue weighted by Gasteiger charge is -2.53. The van der Waals surface area contributed by atoms with Crippen molar-refractivity contribution in [3.63, 3.8) is 0 Å². The Hall–Kier alpha value is -0.590. The van der Waals surface area contributed by atoms with Crippen molar-refractivity contribution in [2.45, 2.75) is 46.0 Å². The molecule has 1 nitrogen and oxygen atoms in total. The summed E-state index contributed by atoms with van der Waals surface area (Å²) in [6.45, 7) is 4.07. The van der Waals surface area contributed by atoms with Crippen molar-refractivity contribution in [1.82, 2.24) is 0 Å². The maximum Gasteiger partial charge on any atom is 0.159 e. The van der Waals surface area contributed by atoms with Crippen LogP contribution in [0.15, 0.2) is 11.6 Å². The highest BCUT2D eigenvalue weighted by Gasteiger charge is 2.49. The van der Waals surface area contributed by atoms with E-state index in [1.807, 2.05) is 19.9 Å². The van der Waals surface area contributed by atoms with Gasteiger partial charge in [0.25, 0.3) is 0 Å². The zero-order valence-corrected chi connectivity index (χ0v) is 10.4. The van der Waals surface area contributed by atoms with E-state index in [-0.39, 0.29) is 0 Å². The number of ketones is 1. The number of hydrogen-bond acceptors (Lipinski definition) is 1. The molecule has 1 heteroatoms. The summed E-state index contributed by atoms with van der Waals surface area (Å²) in [4.78, 5) is 12.3. The third-order valence-electron chi connectivity index (χ3n) is 4.99. The van der Waals surface area contributed by atoms with Crippen LogP contribution in [0.1, 0.15) is 46.0 Å². The summed E-state index contributed by atoms with van der Waals surface area (Å²) in [6, 6.07) is 0. The average molecular weight is 218 g/mol. The number of carbonyl (C=O) groups is 1. The van der Waals surface area contributed by atoms with Crippen molar-refractivity contribution < 1.29 is 4.79 Å². The fourth-order valence-electron chi connectivity index (χ4n) is 4.77. The Kier molecular flexibility index (Phi) is 2.45. The maximum absolute atomic E-state index is 12.3. The van der Waals surface area contributed by atoms with Gasteiger partial charge in [0.15, 0.2) is 5.78 Å². The van der Waals surface area contributed by atoms with E-state index >= 15 is 0 Å². The molecule has 0 aromatic heterocycles. The molecule has 4 aliphatic carbocycles. The van der Waals surface area contributed by atoms with Crippen molar-refractivity contribution in [3.05, 3.63) is 11.6 Å². The van der Waals surface area contributed by atoms with Crippen molar-refractivity contribution in [2.24, 2.45) is 29.6 Å². The van der Waals surface area contributed by atoms with Gasteiger partial charge in [-0.05, 0) is 75.7 Å². The van der Waals surface area contributed by atoms with Gasteiger partial charge >= 0.3 is 0 Å². The van der Waals surface area contributed by atoms with Crippen molar-refractivity contribution in [1.29, 1.82) is 0 Å². The van der Waals surface area contributed by atoms with Gasteiger partial charge in [-0.3, -0.25) is 4.79 Å². The van der Waals surface area contributed by atoms with Crippen LogP contribution in [0.5, 0.6) is 0 Å². The predicted molar refractivity (Wildman–Crippen MR) is 65.0 cm³/mol. The Balaban J connectivity index is 1.81. The molecular weight excluding hydrogens is 196 g/mol. The quantitative estimate of drug-likeness (QED) is 0.647. The number of allylic oxidation sites excluding steroid dienone is 2. The topological polar surface area (TPSA) is 17.1 Å². The van der Waals surface area contributed by atoms with Gasteiger partial charge in [0.05, 0.1) is 0 Å². The van der Waals surface area contributed by atoms with Gasteiger partial charge < -0.3 is 0 Å². The van der Waals surface area contributed by atoms with Crippen molar-refractivity contribution in [3.8, 4) is 0 Å². The molecular formula is C15H22O. The van der Waals surface area contributed by atoms with E-state index in [0.29, 0.717) is 11.7 Å². The van der Waals surface area contributed by atoms with Crippen LogP contribution in [-0.4, -0.2) is 5.78 Å². The predicted octanol–water partition coefficient (Wildman–Crippen LogP) is 3.59. The molecule has 0 aliphatic heterocycles. The SMILES string of the molecule is CC(C)=CC(=O)C1C2CC3CC(C2)CC1C3. The molecule has 0 unspecified atom stereocenters. The molecule has 4 aliphatic rings. The van der Waals surface area contributed by atoms with Gasteiger partial charge in [-0.2, -0.15) is 0 Å². The van der Waals surface area contributed by atoms with Crippen LogP contribution in [0.4, 0.5) is 0 Å². The van der Waals surface area contributed by atoms with E-state index < -0.39 is 0 Å². The minimum atomic E-state index is 0.391. The molecule has 0 aromatic carbocycles. The molecule has 0 N–H and O–H groups in total. The van der Waals surface area contributed by atoms with E-state index in [9.17, 15) is 4.79 Å². The third-order valence-corrected chi connectivity index (χ3v) is 4.99. The highest BCUT2D eigenvalue weighted by molar-refractivity contribution is 5.92. The molecule has 4 saturated carbocycles. The summed E-state index contributed by atoms with van der Waals surface area (Å²) in [5.41, 5.74) is 1.17. The van der Waals surface area contributed by atoms with E-state index in [1.165, 1.54) is 37.7 Å². The monoisotopic (exact) mass is 218 g/mol. The largest absolute Gasteiger partial charge is 0.295 e. The molecule has 0 radical (unpaired) electrons. The fourth-order valence-corrected chi connectivity index (χ4v) is 4.77. The van der Waals surface area contributed by atoms with Crippen LogP contribution < -0.4 is 0 Å². The molecule has 4 fully saturated rings. The van der Waals surface area contributed by atoms with Gasteiger partial charge in [-0.1, -0.05) is 5.57 Å². The molecule has 0 amide bonds. The van der Waals surface area contributed by atoms with Gasteiger partial charge in [0, 0.05) is 5.92 Å². The third kappa shape index (κ3) is 1.65. The van der Waals surface area contributed by atoms with Gasteiger partial charge in [0.2, 0.25) is 0 Å². The van der Waals surface area contributed by atoms with Crippen molar-refractivity contribution in [2.75, 3.05) is 0 Å². The molecule has 0 spiro atoms. The van der Waals surface area contributed by atoms with Crippen LogP contribution in [0.25, 0.3) is 0 Å². The van der Waals surface area contributed by atoms with E-state index in [4.69, 9.17) is 0 Å². The van der Waals surface area contributed by atoms with Crippen LogP contribution >= 0.6 is 0 Å².